The highest BCUT2D eigenvalue weighted by atomic mass is 35.5. The lowest BCUT2D eigenvalue weighted by molar-refractivity contribution is 0.144. The molecule has 1 aliphatic rings. The SMILES string of the molecule is Oc1c(F)cc(Cl)cc1[C@H](CF)N1CCNCC1. The molecule has 2 N–H and O–H groups in total. The third kappa shape index (κ3) is 2.74. The highest BCUT2D eigenvalue weighted by Crippen LogP contribution is 2.34. The molecule has 3 nitrogen and oxygen atoms in total. The standard InChI is InChI=1S/C12H15ClF2N2O/c13-8-5-9(12(18)10(15)6-8)11(7-14)17-3-1-16-2-4-17/h5-6,11,16,18H,1-4,7H2/t11-/m0/s1. The molecule has 18 heavy (non-hydrogen) atoms. The third-order valence-corrected chi connectivity index (χ3v) is 3.37. The van der Waals surface area contributed by atoms with E-state index >= 15 is 0 Å². The van der Waals surface area contributed by atoms with Gasteiger partial charge in [0.2, 0.25) is 0 Å². The van der Waals surface area contributed by atoms with Gasteiger partial charge in [0.15, 0.2) is 11.6 Å². The minimum atomic E-state index is -0.814. The number of hydrogen-bond acceptors (Lipinski definition) is 3. The van der Waals surface area contributed by atoms with E-state index in [-0.39, 0.29) is 10.6 Å². The summed E-state index contributed by atoms with van der Waals surface area (Å²) in [5.41, 5.74) is 0.212. The second-order valence-corrected chi connectivity index (χ2v) is 4.72. The van der Waals surface area contributed by atoms with Crippen molar-refractivity contribution < 1.29 is 13.9 Å². The topological polar surface area (TPSA) is 35.5 Å². The van der Waals surface area contributed by atoms with Gasteiger partial charge in [-0.2, -0.15) is 0 Å². The number of nitrogens with zero attached hydrogens (tertiary/aromatic N) is 1. The summed E-state index contributed by atoms with van der Waals surface area (Å²) >= 11 is 5.76. The Balaban J connectivity index is 2.31. The van der Waals surface area contributed by atoms with Crippen molar-refractivity contribution in [2.75, 3.05) is 32.9 Å². The Labute approximate surface area is 109 Å². The van der Waals surface area contributed by atoms with Crippen LogP contribution in [0.3, 0.4) is 0 Å². The second-order valence-electron chi connectivity index (χ2n) is 4.28. The summed E-state index contributed by atoms with van der Waals surface area (Å²) in [5, 5.41) is 13.0. The zero-order valence-electron chi connectivity index (χ0n) is 9.80. The predicted molar refractivity (Wildman–Crippen MR) is 66.2 cm³/mol. The van der Waals surface area contributed by atoms with Crippen LogP contribution in [0.25, 0.3) is 0 Å². The molecular weight excluding hydrogens is 262 g/mol. The second kappa shape index (κ2) is 5.82. The summed E-state index contributed by atoms with van der Waals surface area (Å²) in [5.74, 6) is -1.33. The number of phenols is 1. The van der Waals surface area contributed by atoms with Crippen LogP contribution in [0, 0.1) is 5.82 Å². The maximum Gasteiger partial charge on any atom is 0.166 e. The van der Waals surface area contributed by atoms with E-state index in [0.717, 1.165) is 19.2 Å². The molecule has 0 saturated carbocycles. The Morgan fingerprint density at radius 2 is 2.06 bits per heavy atom. The molecule has 0 spiro atoms. The molecule has 1 aromatic carbocycles. The monoisotopic (exact) mass is 276 g/mol. The van der Waals surface area contributed by atoms with Crippen molar-refractivity contribution in [1.29, 1.82) is 0 Å². The molecule has 1 fully saturated rings. The average molecular weight is 277 g/mol. The van der Waals surface area contributed by atoms with Crippen molar-refractivity contribution >= 4 is 11.6 Å². The maximum atomic E-state index is 13.4. The van der Waals surface area contributed by atoms with E-state index in [1.807, 2.05) is 4.90 Å². The number of phenolic OH excluding ortho intramolecular Hbond substituents is 1. The zero-order chi connectivity index (χ0) is 13.1. The van der Waals surface area contributed by atoms with Gasteiger partial charge >= 0.3 is 0 Å². The number of benzene rings is 1. The van der Waals surface area contributed by atoms with E-state index in [2.05, 4.69) is 5.32 Å². The summed E-state index contributed by atoms with van der Waals surface area (Å²) in [6.45, 7) is 2.12. The van der Waals surface area contributed by atoms with Crippen molar-refractivity contribution in [1.82, 2.24) is 10.2 Å². The lowest BCUT2D eigenvalue weighted by Crippen LogP contribution is -2.45. The first-order valence-electron chi connectivity index (χ1n) is 5.82. The number of nitrogens with one attached hydrogen (secondary N) is 1. The largest absolute Gasteiger partial charge is 0.505 e. The number of hydrogen-bond donors (Lipinski definition) is 2. The van der Waals surface area contributed by atoms with Crippen LogP contribution in [0.2, 0.25) is 5.02 Å². The van der Waals surface area contributed by atoms with Gasteiger partial charge < -0.3 is 10.4 Å². The summed E-state index contributed by atoms with van der Waals surface area (Å²) in [4.78, 5) is 1.88. The van der Waals surface area contributed by atoms with Crippen LogP contribution in [-0.4, -0.2) is 42.9 Å². The molecule has 1 aromatic rings. The molecule has 2 rings (SSSR count). The molecule has 1 heterocycles. The van der Waals surface area contributed by atoms with Crippen molar-refractivity contribution in [3.05, 3.63) is 28.5 Å². The minimum absolute atomic E-state index is 0.161. The quantitative estimate of drug-likeness (QED) is 0.887. The number of aromatic hydroxyl groups is 1. The van der Waals surface area contributed by atoms with Crippen LogP contribution in [-0.2, 0) is 0 Å². The van der Waals surface area contributed by atoms with E-state index in [0.29, 0.717) is 13.1 Å². The molecule has 100 valence electrons. The molecule has 0 radical (unpaired) electrons. The van der Waals surface area contributed by atoms with Crippen LogP contribution in [0.15, 0.2) is 12.1 Å². The summed E-state index contributed by atoms with van der Waals surface area (Å²) in [7, 11) is 0. The van der Waals surface area contributed by atoms with Crippen LogP contribution in [0.5, 0.6) is 5.75 Å². The van der Waals surface area contributed by atoms with Gasteiger partial charge in [-0.1, -0.05) is 11.6 Å². The highest BCUT2D eigenvalue weighted by Gasteiger charge is 2.26. The van der Waals surface area contributed by atoms with Gasteiger partial charge in [-0.3, -0.25) is 4.90 Å². The van der Waals surface area contributed by atoms with Crippen LogP contribution in [0.1, 0.15) is 11.6 Å². The predicted octanol–water partition coefficient (Wildman–Crippen LogP) is 2.10. The molecule has 0 bridgehead atoms. The van der Waals surface area contributed by atoms with Gasteiger partial charge in [0, 0.05) is 36.8 Å². The number of rotatable bonds is 3. The first-order valence-corrected chi connectivity index (χ1v) is 6.20. The average Bonchev–Trinajstić information content (AvgIpc) is 2.37. The van der Waals surface area contributed by atoms with Gasteiger partial charge in [-0.05, 0) is 12.1 Å². The molecule has 0 aromatic heterocycles. The van der Waals surface area contributed by atoms with Crippen molar-refractivity contribution in [2.24, 2.45) is 0 Å². The van der Waals surface area contributed by atoms with Gasteiger partial charge in [-0.25, -0.2) is 8.78 Å². The summed E-state index contributed by atoms with van der Waals surface area (Å²) in [6, 6.07) is 1.79. The fourth-order valence-electron chi connectivity index (χ4n) is 2.21. The smallest absolute Gasteiger partial charge is 0.166 e. The first-order chi connectivity index (χ1) is 8.63. The molecule has 1 aliphatic heterocycles. The normalized spacial score (nSPS) is 18.8. The Bertz CT molecular complexity index is 425. The van der Waals surface area contributed by atoms with Crippen LogP contribution >= 0.6 is 11.6 Å². The Hall–Kier alpha value is -0.910. The fourth-order valence-corrected chi connectivity index (χ4v) is 2.42. The molecule has 0 aliphatic carbocycles. The lowest BCUT2D eigenvalue weighted by Gasteiger charge is -2.34. The molecule has 1 atom stereocenters. The number of alkyl halides is 1. The third-order valence-electron chi connectivity index (χ3n) is 3.16. The number of piperazine rings is 1. The first kappa shape index (κ1) is 13.5. The van der Waals surface area contributed by atoms with E-state index < -0.39 is 24.3 Å². The van der Waals surface area contributed by atoms with E-state index in [9.17, 15) is 13.9 Å². The molecule has 0 unspecified atom stereocenters. The van der Waals surface area contributed by atoms with Gasteiger partial charge in [0.05, 0.1) is 6.04 Å². The van der Waals surface area contributed by atoms with Crippen LogP contribution < -0.4 is 5.32 Å². The number of halogens is 3. The lowest BCUT2D eigenvalue weighted by atomic mass is 10.0. The van der Waals surface area contributed by atoms with Crippen molar-refractivity contribution in [3.63, 3.8) is 0 Å². The highest BCUT2D eigenvalue weighted by molar-refractivity contribution is 6.30. The van der Waals surface area contributed by atoms with Crippen molar-refractivity contribution in [2.45, 2.75) is 6.04 Å². The Kier molecular flexibility index (Phi) is 4.37. The van der Waals surface area contributed by atoms with Gasteiger partial charge in [-0.15, -0.1) is 0 Å². The fraction of sp³-hybridized carbons (Fsp3) is 0.500. The molecule has 0 amide bonds. The van der Waals surface area contributed by atoms with Gasteiger partial charge in [0.25, 0.3) is 0 Å². The van der Waals surface area contributed by atoms with E-state index in [4.69, 9.17) is 11.6 Å². The Morgan fingerprint density at radius 1 is 1.39 bits per heavy atom. The summed E-state index contributed by atoms with van der Waals surface area (Å²) < 4.78 is 26.6. The Morgan fingerprint density at radius 3 is 2.67 bits per heavy atom. The summed E-state index contributed by atoms with van der Waals surface area (Å²) in [6.07, 6.45) is 0. The molecule has 6 heteroatoms. The minimum Gasteiger partial charge on any atom is -0.505 e. The van der Waals surface area contributed by atoms with Gasteiger partial charge in [0.1, 0.15) is 6.67 Å². The van der Waals surface area contributed by atoms with E-state index in [1.165, 1.54) is 6.07 Å². The van der Waals surface area contributed by atoms with Crippen LogP contribution in [0.4, 0.5) is 8.78 Å². The van der Waals surface area contributed by atoms with Crippen molar-refractivity contribution in [3.8, 4) is 5.75 Å². The zero-order valence-corrected chi connectivity index (χ0v) is 10.6. The molecular formula is C12H15ClF2N2O. The maximum absolute atomic E-state index is 13.4. The van der Waals surface area contributed by atoms with E-state index in [1.54, 1.807) is 0 Å². The molecule has 1 saturated heterocycles.